The summed E-state index contributed by atoms with van der Waals surface area (Å²) >= 11 is 6.29. The van der Waals surface area contributed by atoms with Gasteiger partial charge >= 0.3 is 5.97 Å². The largest absolute Gasteiger partial charge is 0.496 e. The molecule has 0 aliphatic heterocycles. The number of ether oxygens (including phenoxy) is 1. The molecule has 0 atom stereocenters. The first-order valence-electron chi connectivity index (χ1n) is 8.17. The molecule has 7 heteroatoms. The third kappa shape index (κ3) is 4.13. The van der Waals surface area contributed by atoms with E-state index in [2.05, 4.69) is 5.32 Å². The molecule has 3 aromatic rings. The van der Waals surface area contributed by atoms with E-state index in [1.165, 1.54) is 43.5 Å². The van der Waals surface area contributed by atoms with Crippen molar-refractivity contribution in [3.8, 4) is 5.75 Å². The predicted molar refractivity (Wildman–Crippen MR) is 105 cm³/mol. The first-order valence-corrected chi connectivity index (χ1v) is 8.55. The molecule has 0 fully saturated rings. The maximum Gasteiger partial charge on any atom is 0.335 e. The number of hydrogen-bond acceptors (Lipinski definition) is 4. The zero-order chi connectivity index (χ0) is 20.3. The van der Waals surface area contributed by atoms with Crippen molar-refractivity contribution in [2.45, 2.75) is 0 Å². The number of hydrogen-bond donors (Lipinski definition) is 2. The normalized spacial score (nSPS) is 10.4. The van der Waals surface area contributed by atoms with Gasteiger partial charge in [-0.25, -0.2) is 9.18 Å². The number of methoxy groups -OCH3 is 1. The quantitative estimate of drug-likeness (QED) is 0.560. The number of nitrogens with one attached hydrogen (secondary N) is 1. The number of carbonyl (C=O) groups is 2. The first kappa shape index (κ1) is 19.4. The zero-order valence-corrected chi connectivity index (χ0v) is 15.5. The zero-order valence-electron chi connectivity index (χ0n) is 14.7. The summed E-state index contributed by atoms with van der Waals surface area (Å²) < 4.78 is 18.2. The van der Waals surface area contributed by atoms with Crippen LogP contribution in [0, 0.1) is 5.82 Å². The third-order valence-corrected chi connectivity index (χ3v) is 4.35. The molecule has 0 saturated heterocycles. The Bertz CT molecular complexity index is 1050. The van der Waals surface area contributed by atoms with E-state index in [0.29, 0.717) is 11.4 Å². The molecular weight excluding hydrogens is 385 g/mol. The molecule has 0 aromatic heterocycles. The van der Waals surface area contributed by atoms with E-state index in [1.54, 1.807) is 24.3 Å². The number of halogens is 2. The lowest BCUT2D eigenvalue weighted by molar-refractivity contribution is 0.0697. The van der Waals surface area contributed by atoms with E-state index in [-0.39, 0.29) is 33.3 Å². The number of anilines is 2. The van der Waals surface area contributed by atoms with E-state index in [1.807, 2.05) is 0 Å². The van der Waals surface area contributed by atoms with E-state index in [9.17, 15) is 14.0 Å². The van der Waals surface area contributed by atoms with Crippen LogP contribution in [0.5, 0.6) is 5.75 Å². The Morgan fingerprint density at radius 3 is 2.25 bits per heavy atom. The maximum absolute atomic E-state index is 13.0. The van der Waals surface area contributed by atoms with Gasteiger partial charge in [-0.2, -0.15) is 0 Å². The topological polar surface area (TPSA) is 75.6 Å². The highest BCUT2D eigenvalue weighted by molar-refractivity contribution is 6.35. The molecule has 0 aliphatic carbocycles. The molecule has 3 aromatic carbocycles. The highest BCUT2D eigenvalue weighted by atomic mass is 35.5. The minimum atomic E-state index is -1.15. The number of aromatic carboxylic acids is 1. The third-order valence-electron chi connectivity index (χ3n) is 4.04. The molecule has 0 aliphatic rings. The molecule has 0 unspecified atom stereocenters. The van der Waals surface area contributed by atoms with Crippen LogP contribution < -0.4 is 10.1 Å². The summed E-state index contributed by atoms with van der Waals surface area (Å²) in [6.07, 6.45) is 0. The fourth-order valence-corrected chi connectivity index (χ4v) is 2.91. The summed E-state index contributed by atoms with van der Waals surface area (Å²) in [5.74, 6) is -1.71. The second kappa shape index (κ2) is 8.10. The minimum Gasteiger partial charge on any atom is -0.496 e. The lowest BCUT2D eigenvalue weighted by atomic mass is 9.99. The van der Waals surface area contributed by atoms with Gasteiger partial charge in [-0.05, 0) is 60.7 Å². The molecule has 0 spiro atoms. The van der Waals surface area contributed by atoms with Crippen LogP contribution in [0.15, 0.2) is 60.7 Å². The number of benzene rings is 3. The van der Waals surface area contributed by atoms with Gasteiger partial charge in [0.1, 0.15) is 11.6 Å². The number of rotatable bonds is 6. The molecule has 0 heterocycles. The van der Waals surface area contributed by atoms with Crippen molar-refractivity contribution in [1.82, 2.24) is 0 Å². The summed E-state index contributed by atoms with van der Waals surface area (Å²) in [5, 5.41) is 12.4. The van der Waals surface area contributed by atoms with Crippen molar-refractivity contribution in [3.63, 3.8) is 0 Å². The summed E-state index contributed by atoms with van der Waals surface area (Å²) in [6.45, 7) is 0. The standard InChI is InChI=1S/C21H15ClFNO4/c1-28-19-9-2-12(21(26)27)10-17(19)20(25)16-8-7-15(11-18(16)22)24-14-5-3-13(23)4-6-14/h2-11,24H,1H3,(H,26,27). The van der Waals surface area contributed by atoms with Crippen LogP contribution in [0.3, 0.4) is 0 Å². The van der Waals surface area contributed by atoms with Gasteiger partial charge < -0.3 is 15.2 Å². The average Bonchev–Trinajstić information content (AvgIpc) is 2.69. The molecule has 5 nitrogen and oxygen atoms in total. The summed E-state index contributed by atoms with van der Waals surface area (Å²) in [4.78, 5) is 24.1. The highest BCUT2D eigenvalue weighted by Gasteiger charge is 2.19. The van der Waals surface area contributed by atoms with Gasteiger partial charge in [-0.3, -0.25) is 4.79 Å². The number of ketones is 1. The fraction of sp³-hybridized carbons (Fsp3) is 0.0476. The Hall–Kier alpha value is -3.38. The number of carboxylic acid groups (broad SMARTS) is 1. The Morgan fingerprint density at radius 1 is 0.964 bits per heavy atom. The second-order valence-electron chi connectivity index (χ2n) is 5.88. The molecule has 3 rings (SSSR count). The van der Waals surface area contributed by atoms with E-state index < -0.39 is 11.8 Å². The molecule has 142 valence electrons. The minimum absolute atomic E-state index is 0.0325. The van der Waals surface area contributed by atoms with Crippen molar-refractivity contribution in [2.75, 3.05) is 12.4 Å². The molecular formula is C21H15ClFNO4. The molecule has 0 bridgehead atoms. The lowest BCUT2D eigenvalue weighted by Crippen LogP contribution is -2.07. The molecule has 28 heavy (non-hydrogen) atoms. The lowest BCUT2D eigenvalue weighted by Gasteiger charge is -2.12. The van der Waals surface area contributed by atoms with Crippen molar-refractivity contribution < 1.29 is 23.8 Å². The molecule has 2 N–H and O–H groups in total. The Kier molecular flexibility index (Phi) is 5.61. The van der Waals surface area contributed by atoms with E-state index in [0.717, 1.165) is 0 Å². The summed E-state index contributed by atoms with van der Waals surface area (Å²) in [7, 11) is 1.39. The van der Waals surface area contributed by atoms with Gasteiger partial charge in [0.05, 0.1) is 23.3 Å². The van der Waals surface area contributed by atoms with Crippen LogP contribution in [-0.4, -0.2) is 24.0 Å². The van der Waals surface area contributed by atoms with Crippen LogP contribution in [0.1, 0.15) is 26.3 Å². The smallest absolute Gasteiger partial charge is 0.335 e. The van der Waals surface area contributed by atoms with Crippen LogP contribution in [-0.2, 0) is 0 Å². The molecule has 0 radical (unpaired) electrons. The molecule has 0 amide bonds. The van der Waals surface area contributed by atoms with E-state index in [4.69, 9.17) is 21.4 Å². The fourth-order valence-electron chi connectivity index (χ4n) is 2.64. The van der Waals surface area contributed by atoms with Gasteiger partial charge in [-0.15, -0.1) is 0 Å². The number of carboxylic acids is 1. The average molecular weight is 400 g/mol. The Balaban J connectivity index is 1.91. The van der Waals surface area contributed by atoms with Crippen molar-refractivity contribution in [3.05, 3.63) is 88.2 Å². The summed E-state index contributed by atoms with van der Waals surface area (Å²) in [6, 6.07) is 14.6. The summed E-state index contributed by atoms with van der Waals surface area (Å²) in [5.41, 5.74) is 1.54. The van der Waals surface area contributed by atoms with E-state index >= 15 is 0 Å². The van der Waals surface area contributed by atoms with Crippen LogP contribution in [0.4, 0.5) is 15.8 Å². The number of carbonyl (C=O) groups excluding carboxylic acids is 1. The molecule has 0 saturated carbocycles. The first-order chi connectivity index (χ1) is 13.4. The highest BCUT2D eigenvalue weighted by Crippen LogP contribution is 2.29. The van der Waals surface area contributed by atoms with Gasteiger partial charge in [0.25, 0.3) is 0 Å². The van der Waals surface area contributed by atoms with Gasteiger partial charge in [0.2, 0.25) is 0 Å². The van der Waals surface area contributed by atoms with Gasteiger partial charge in [0.15, 0.2) is 5.78 Å². The monoisotopic (exact) mass is 399 g/mol. The van der Waals surface area contributed by atoms with Crippen molar-refractivity contribution in [2.24, 2.45) is 0 Å². The van der Waals surface area contributed by atoms with Crippen molar-refractivity contribution in [1.29, 1.82) is 0 Å². The predicted octanol–water partition coefficient (Wildman–Crippen LogP) is 5.16. The van der Waals surface area contributed by atoms with Crippen LogP contribution in [0.2, 0.25) is 5.02 Å². The Labute approximate surface area is 165 Å². The Morgan fingerprint density at radius 2 is 1.64 bits per heavy atom. The second-order valence-corrected chi connectivity index (χ2v) is 6.28. The van der Waals surface area contributed by atoms with Crippen LogP contribution >= 0.6 is 11.6 Å². The van der Waals surface area contributed by atoms with Crippen molar-refractivity contribution >= 4 is 34.7 Å². The van der Waals surface area contributed by atoms with Gasteiger partial charge in [-0.1, -0.05) is 11.6 Å². The van der Waals surface area contributed by atoms with Crippen LogP contribution in [0.25, 0.3) is 0 Å². The maximum atomic E-state index is 13.0. The van der Waals surface area contributed by atoms with Gasteiger partial charge in [0, 0.05) is 16.9 Å². The SMILES string of the molecule is COc1ccc(C(=O)O)cc1C(=O)c1ccc(Nc2ccc(F)cc2)cc1Cl.